The van der Waals surface area contributed by atoms with E-state index in [9.17, 15) is 13.2 Å². The van der Waals surface area contributed by atoms with E-state index in [1.807, 2.05) is 11.8 Å². The molecule has 0 bridgehead atoms. The Morgan fingerprint density at radius 2 is 1.92 bits per heavy atom. The van der Waals surface area contributed by atoms with Crippen molar-refractivity contribution in [3.8, 4) is 0 Å². The number of carbonyl (C=O) groups excluding carboxylic acids is 1. The maximum atomic E-state index is 12.1. The second-order valence-electron chi connectivity index (χ2n) is 6.61. The number of hydrogen-bond donors (Lipinski definition) is 1. The molecule has 0 amide bonds. The predicted octanol–water partition coefficient (Wildman–Crippen LogP) is 1.04. The highest BCUT2D eigenvalue weighted by atomic mass is 32.2. The Kier molecular flexibility index (Phi) is 5.10. The monoisotopic (exact) mass is 377 g/mol. The molecule has 0 atom stereocenters. The topological polar surface area (TPSA) is 99.3 Å². The third-order valence-corrected chi connectivity index (χ3v) is 5.63. The molecular weight excluding hydrogens is 354 g/mol. The second kappa shape index (κ2) is 7.16. The van der Waals surface area contributed by atoms with Crippen molar-refractivity contribution in [3.63, 3.8) is 0 Å². The van der Waals surface area contributed by atoms with Crippen molar-refractivity contribution >= 4 is 21.3 Å². The van der Waals surface area contributed by atoms with Crippen LogP contribution in [0.5, 0.6) is 0 Å². The smallest absolute Gasteiger partial charge is 0.177 e. The third kappa shape index (κ3) is 4.10. The first-order chi connectivity index (χ1) is 12.2. The van der Waals surface area contributed by atoms with E-state index in [1.54, 1.807) is 12.1 Å². The van der Waals surface area contributed by atoms with Gasteiger partial charge in [-0.2, -0.15) is 5.10 Å². The van der Waals surface area contributed by atoms with E-state index in [4.69, 9.17) is 0 Å². The number of carbonyl (C=O) groups is 1. The number of aryl methyl sites for hydroxylation is 1. The van der Waals surface area contributed by atoms with Gasteiger partial charge in [-0.15, -0.1) is 0 Å². The molecule has 1 fully saturated rings. The van der Waals surface area contributed by atoms with Gasteiger partial charge in [0.2, 0.25) is 0 Å². The molecule has 140 valence electrons. The average Bonchev–Trinajstić information content (AvgIpc) is 2.99. The van der Waals surface area contributed by atoms with Crippen molar-refractivity contribution in [1.82, 2.24) is 20.1 Å². The van der Waals surface area contributed by atoms with Gasteiger partial charge >= 0.3 is 0 Å². The number of Topliss-reactive ketones (excluding diaryl/α,β-unsaturated/α-hetero) is 1. The number of H-pyrrole nitrogens is 1. The molecular formula is C17H23N5O3S. The zero-order chi connectivity index (χ0) is 18.9. The molecule has 2 aromatic rings. The van der Waals surface area contributed by atoms with Crippen molar-refractivity contribution < 1.29 is 13.2 Å². The Bertz CT molecular complexity index is 914. The molecule has 0 unspecified atom stereocenters. The third-order valence-electron chi connectivity index (χ3n) is 4.49. The molecule has 1 saturated heterocycles. The van der Waals surface area contributed by atoms with Crippen LogP contribution in [0.25, 0.3) is 0 Å². The first kappa shape index (κ1) is 18.5. The number of nitrogens with zero attached hydrogens (tertiary/aromatic N) is 4. The zero-order valence-electron chi connectivity index (χ0n) is 15.2. The highest BCUT2D eigenvalue weighted by Gasteiger charge is 2.24. The summed E-state index contributed by atoms with van der Waals surface area (Å²) in [5.41, 5.74) is 1.12. The Labute approximate surface area is 153 Å². The van der Waals surface area contributed by atoms with E-state index in [0.717, 1.165) is 24.7 Å². The fraction of sp³-hybridized carbons (Fsp3) is 0.471. The summed E-state index contributed by atoms with van der Waals surface area (Å²) in [4.78, 5) is 20.6. The van der Waals surface area contributed by atoms with E-state index in [-0.39, 0.29) is 10.7 Å². The van der Waals surface area contributed by atoms with Gasteiger partial charge in [0.25, 0.3) is 0 Å². The molecule has 2 heterocycles. The Balaban J connectivity index is 1.77. The fourth-order valence-corrected chi connectivity index (χ4v) is 3.99. The molecule has 1 N–H and O–H groups in total. The molecule has 0 aliphatic carbocycles. The molecule has 8 nitrogen and oxygen atoms in total. The van der Waals surface area contributed by atoms with Crippen LogP contribution >= 0.6 is 0 Å². The lowest BCUT2D eigenvalue weighted by Gasteiger charge is -2.36. The zero-order valence-corrected chi connectivity index (χ0v) is 16.0. The lowest BCUT2D eigenvalue weighted by atomic mass is 10.1. The van der Waals surface area contributed by atoms with Crippen LogP contribution in [0.3, 0.4) is 0 Å². The number of ketones is 1. The van der Waals surface area contributed by atoms with Crippen LogP contribution in [0.4, 0.5) is 5.69 Å². The lowest BCUT2D eigenvalue weighted by molar-refractivity contribution is 0.101. The Morgan fingerprint density at radius 3 is 2.46 bits per heavy atom. The van der Waals surface area contributed by atoms with Gasteiger partial charge in [-0.25, -0.2) is 13.4 Å². The van der Waals surface area contributed by atoms with Crippen LogP contribution in [0.1, 0.15) is 28.9 Å². The van der Waals surface area contributed by atoms with Crippen molar-refractivity contribution in [1.29, 1.82) is 0 Å². The van der Waals surface area contributed by atoms with Crippen LogP contribution in [0.15, 0.2) is 23.1 Å². The number of hydrogen-bond acceptors (Lipinski definition) is 7. The normalized spacial score (nSPS) is 16.0. The summed E-state index contributed by atoms with van der Waals surface area (Å²) < 4.78 is 24.3. The highest BCUT2D eigenvalue weighted by Crippen LogP contribution is 2.28. The van der Waals surface area contributed by atoms with E-state index in [0.29, 0.717) is 30.9 Å². The average molecular weight is 377 g/mol. The van der Waals surface area contributed by atoms with Gasteiger partial charge in [0.1, 0.15) is 5.82 Å². The quantitative estimate of drug-likeness (QED) is 0.777. The van der Waals surface area contributed by atoms with Gasteiger partial charge in [-0.05, 0) is 32.0 Å². The molecule has 1 aromatic heterocycles. The van der Waals surface area contributed by atoms with Crippen molar-refractivity contribution in [2.24, 2.45) is 0 Å². The molecule has 26 heavy (non-hydrogen) atoms. The van der Waals surface area contributed by atoms with Gasteiger partial charge < -0.3 is 4.90 Å². The van der Waals surface area contributed by atoms with Crippen molar-refractivity contribution in [2.45, 2.75) is 25.3 Å². The van der Waals surface area contributed by atoms with Crippen LogP contribution in [0, 0.1) is 6.92 Å². The van der Waals surface area contributed by atoms with Crippen molar-refractivity contribution in [3.05, 3.63) is 35.4 Å². The van der Waals surface area contributed by atoms with E-state index in [2.05, 4.69) is 20.1 Å². The fourth-order valence-electron chi connectivity index (χ4n) is 3.10. The number of anilines is 1. The molecule has 1 aliphatic heterocycles. The molecule has 0 spiro atoms. The number of rotatable bonds is 5. The van der Waals surface area contributed by atoms with Crippen LogP contribution < -0.4 is 4.90 Å². The number of aromatic amines is 1. The number of aromatic nitrogens is 3. The van der Waals surface area contributed by atoms with Gasteiger partial charge in [-0.3, -0.25) is 14.8 Å². The predicted molar refractivity (Wildman–Crippen MR) is 98.2 cm³/mol. The molecule has 0 saturated carbocycles. The largest absolute Gasteiger partial charge is 0.368 e. The first-order valence-electron chi connectivity index (χ1n) is 8.44. The lowest BCUT2D eigenvalue weighted by Crippen LogP contribution is -2.46. The SMILES string of the molecule is CC(=O)c1ccc(S(C)(=O)=O)c(N2CCN(Cc3n[nH]c(C)n3)CC2)c1. The Morgan fingerprint density at radius 1 is 1.23 bits per heavy atom. The van der Waals surface area contributed by atoms with Crippen LogP contribution in [-0.2, 0) is 16.4 Å². The highest BCUT2D eigenvalue weighted by molar-refractivity contribution is 7.90. The number of sulfone groups is 1. The van der Waals surface area contributed by atoms with Gasteiger partial charge in [0.15, 0.2) is 21.4 Å². The number of piperazine rings is 1. The summed E-state index contributed by atoms with van der Waals surface area (Å²) in [6, 6.07) is 4.79. The first-order valence-corrected chi connectivity index (χ1v) is 10.3. The molecule has 3 rings (SSSR count). The van der Waals surface area contributed by atoms with Gasteiger partial charge in [0, 0.05) is 38.0 Å². The summed E-state index contributed by atoms with van der Waals surface area (Å²) in [5.74, 6) is 1.47. The minimum absolute atomic E-state index is 0.0788. The van der Waals surface area contributed by atoms with E-state index in [1.165, 1.54) is 19.2 Å². The number of nitrogens with one attached hydrogen (secondary N) is 1. The summed E-state index contributed by atoms with van der Waals surface area (Å²) in [6.45, 7) is 6.88. The second-order valence-corrected chi connectivity index (χ2v) is 8.60. The van der Waals surface area contributed by atoms with Crippen LogP contribution in [-0.4, -0.2) is 66.7 Å². The van der Waals surface area contributed by atoms with Gasteiger partial charge in [0.05, 0.1) is 17.1 Å². The molecule has 1 aliphatic rings. The van der Waals surface area contributed by atoms with E-state index >= 15 is 0 Å². The standard InChI is InChI=1S/C17H23N5O3S/c1-12(23)14-4-5-16(26(3,24)25)15(10-14)22-8-6-21(7-9-22)11-17-18-13(2)19-20-17/h4-5,10H,6-9,11H2,1-3H3,(H,18,19,20). The van der Waals surface area contributed by atoms with E-state index < -0.39 is 9.84 Å². The van der Waals surface area contributed by atoms with Crippen molar-refractivity contribution in [2.75, 3.05) is 37.3 Å². The summed E-state index contributed by atoms with van der Waals surface area (Å²) in [5, 5.41) is 6.99. The number of benzene rings is 1. The summed E-state index contributed by atoms with van der Waals surface area (Å²) in [7, 11) is -3.38. The minimum Gasteiger partial charge on any atom is -0.368 e. The Hall–Kier alpha value is -2.26. The summed E-state index contributed by atoms with van der Waals surface area (Å²) in [6.07, 6.45) is 1.20. The molecule has 0 radical (unpaired) electrons. The minimum atomic E-state index is -3.38. The van der Waals surface area contributed by atoms with Crippen LogP contribution in [0.2, 0.25) is 0 Å². The maximum Gasteiger partial charge on any atom is 0.177 e. The molecule has 1 aromatic carbocycles. The molecule has 9 heteroatoms. The summed E-state index contributed by atoms with van der Waals surface area (Å²) >= 11 is 0. The van der Waals surface area contributed by atoms with Gasteiger partial charge in [-0.1, -0.05) is 0 Å². The maximum absolute atomic E-state index is 12.1.